The highest BCUT2D eigenvalue weighted by Crippen LogP contribution is 2.32. The first kappa shape index (κ1) is 12.9. The molecule has 0 aliphatic heterocycles. The monoisotopic (exact) mass is 262 g/mol. The number of carboxylic acid groups (broad SMARTS) is 1. The maximum absolute atomic E-state index is 10.6. The smallest absolute Gasteiger partial charge is 0.309 e. The summed E-state index contributed by atoms with van der Waals surface area (Å²) >= 11 is 0. The number of ether oxygens (including phenoxy) is 2. The highest BCUT2D eigenvalue weighted by atomic mass is 16.5. The molecule has 2 rings (SSSR count). The highest BCUT2D eigenvalue weighted by Gasteiger charge is 2.12. The minimum atomic E-state index is -0.906. The van der Waals surface area contributed by atoms with E-state index in [9.17, 15) is 4.79 Å². The molecule has 2 aromatic rings. The van der Waals surface area contributed by atoms with Gasteiger partial charge in [-0.15, -0.1) is 0 Å². The van der Waals surface area contributed by atoms with Crippen molar-refractivity contribution in [2.75, 3.05) is 14.2 Å². The molecule has 0 aliphatic rings. The molecule has 2 N–H and O–H groups in total. The quantitative estimate of drug-likeness (QED) is 0.857. The van der Waals surface area contributed by atoms with Crippen molar-refractivity contribution in [1.82, 2.24) is 10.2 Å². The minimum absolute atomic E-state index is 0.0918. The Labute approximate surface area is 110 Å². The molecule has 0 bridgehead atoms. The van der Waals surface area contributed by atoms with Gasteiger partial charge in [0.05, 0.1) is 26.3 Å². The molecular weight excluding hydrogens is 248 g/mol. The van der Waals surface area contributed by atoms with Crippen LogP contribution >= 0.6 is 0 Å². The van der Waals surface area contributed by atoms with Crippen molar-refractivity contribution in [2.24, 2.45) is 0 Å². The second-order valence-corrected chi connectivity index (χ2v) is 3.92. The number of hydrogen-bond acceptors (Lipinski definition) is 4. The second-order valence-electron chi connectivity index (χ2n) is 3.92. The molecule has 0 fully saturated rings. The Hall–Kier alpha value is -2.50. The van der Waals surface area contributed by atoms with Crippen LogP contribution in [-0.4, -0.2) is 35.5 Å². The van der Waals surface area contributed by atoms with Gasteiger partial charge in [0.15, 0.2) is 0 Å². The summed E-state index contributed by atoms with van der Waals surface area (Å²) in [5.74, 6) is 0.395. The van der Waals surface area contributed by atoms with E-state index in [1.165, 1.54) is 0 Å². The summed E-state index contributed by atoms with van der Waals surface area (Å²) in [7, 11) is 3.14. The Morgan fingerprint density at radius 3 is 2.74 bits per heavy atom. The predicted molar refractivity (Wildman–Crippen MR) is 68.5 cm³/mol. The van der Waals surface area contributed by atoms with Crippen molar-refractivity contribution >= 4 is 5.97 Å². The SMILES string of the molecule is COc1ccc(-c2cc(CC(=O)O)[nH]n2)c(OC)c1. The van der Waals surface area contributed by atoms with Gasteiger partial charge < -0.3 is 14.6 Å². The van der Waals surface area contributed by atoms with E-state index in [0.717, 1.165) is 5.56 Å². The zero-order valence-electron chi connectivity index (χ0n) is 10.6. The second kappa shape index (κ2) is 5.43. The first-order chi connectivity index (χ1) is 9.13. The van der Waals surface area contributed by atoms with Gasteiger partial charge >= 0.3 is 5.97 Å². The molecule has 1 aromatic carbocycles. The van der Waals surface area contributed by atoms with Crippen LogP contribution in [0.4, 0.5) is 0 Å². The Morgan fingerprint density at radius 1 is 1.32 bits per heavy atom. The molecule has 0 spiro atoms. The first-order valence-electron chi connectivity index (χ1n) is 5.62. The van der Waals surface area contributed by atoms with Crippen LogP contribution in [0, 0.1) is 0 Å². The number of hydrogen-bond donors (Lipinski definition) is 2. The Kier molecular flexibility index (Phi) is 3.70. The highest BCUT2D eigenvalue weighted by molar-refractivity contribution is 5.72. The van der Waals surface area contributed by atoms with Crippen LogP contribution in [0.2, 0.25) is 0 Å². The van der Waals surface area contributed by atoms with Crippen LogP contribution < -0.4 is 9.47 Å². The van der Waals surface area contributed by atoms with Crippen molar-refractivity contribution in [3.63, 3.8) is 0 Å². The Balaban J connectivity index is 2.35. The lowest BCUT2D eigenvalue weighted by Crippen LogP contribution is -1.99. The number of methoxy groups -OCH3 is 2. The van der Waals surface area contributed by atoms with Gasteiger partial charge in [-0.3, -0.25) is 9.89 Å². The van der Waals surface area contributed by atoms with E-state index in [-0.39, 0.29) is 6.42 Å². The van der Waals surface area contributed by atoms with Gasteiger partial charge in [-0.1, -0.05) is 0 Å². The Bertz CT molecular complexity index is 592. The summed E-state index contributed by atoms with van der Waals surface area (Å²) in [6, 6.07) is 7.06. The number of benzene rings is 1. The zero-order chi connectivity index (χ0) is 13.8. The van der Waals surface area contributed by atoms with Crippen molar-refractivity contribution in [3.05, 3.63) is 30.0 Å². The fraction of sp³-hybridized carbons (Fsp3) is 0.231. The van der Waals surface area contributed by atoms with E-state index in [0.29, 0.717) is 22.9 Å². The molecule has 0 saturated heterocycles. The van der Waals surface area contributed by atoms with Crippen LogP contribution in [0.5, 0.6) is 11.5 Å². The van der Waals surface area contributed by atoms with Crippen molar-refractivity contribution in [3.8, 4) is 22.8 Å². The van der Waals surface area contributed by atoms with Gasteiger partial charge in [-0.2, -0.15) is 5.10 Å². The summed E-state index contributed by atoms with van der Waals surface area (Å²) in [5.41, 5.74) is 1.95. The predicted octanol–water partition coefficient (Wildman–Crippen LogP) is 1.72. The van der Waals surface area contributed by atoms with E-state index in [1.54, 1.807) is 32.4 Å². The number of H-pyrrole nitrogens is 1. The van der Waals surface area contributed by atoms with E-state index in [2.05, 4.69) is 10.2 Å². The summed E-state index contributed by atoms with van der Waals surface area (Å²) < 4.78 is 10.4. The number of aromatic amines is 1. The molecule has 0 radical (unpaired) electrons. The molecule has 0 amide bonds. The molecule has 6 nitrogen and oxygen atoms in total. The molecule has 1 aromatic heterocycles. The normalized spacial score (nSPS) is 10.2. The molecule has 0 saturated carbocycles. The standard InChI is InChI=1S/C13H14N2O4/c1-18-9-3-4-10(12(7-9)19-2)11-5-8(14-15-11)6-13(16)17/h3-5,7H,6H2,1-2H3,(H,14,15)(H,16,17). The van der Waals surface area contributed by atoms with Gasteiger partial charge in [0.2, 0.25) is 0 Å². The van der Waals surface area contributed by atoms with Crippen molar-refractivity contribution in [2.45, 2.75) is 6.42 Å². The average Bonchev–Trinajstić information content (AvgIpc) is 2.85. The van der Waals surface area contributed by atoms with Gasteiger partial charge in [0.25, 0.3) is 0 Å². The van der Waals surface area contributed by atoms with Crippen LogP contribution in [-0.2, 0) is 11.2 Å². The summed E-state index contributed by atoms with van der Waals surface area (Å²) in [6.07, 6.45) is -0.0918. The molecule has 0 atom stereocenters. The maximum Gasteiger partial charge on any atom is 0.309 e. The number of carbonyl (C=O) groups is 1. The van der Waals surface area contributed by atoms with Crippen LogP contribution in [0.25, 0.3) is 11.3 Å². The van der Waals surface area contributed by atoms with Gasteiger partial charge in [0, 0.05) is 17.3 Å². The largest absolute Gasteiger partial charge is 0.497 e. The Morgan fingerprint density at radius 2 is 2.11 bits per heavy atom. The third-order valence-electron chi connectivity index (χ3n) is 2.66. The summed E-state index contributed by atoms with van der Waals surface area (Å²) in [5, 5.41) is 15.5. The lowest BCUT2D eigenvalue weighted by molar-refractivity contribution is -0.136. The number of aromatic nitrogens is 2. The molecule has 0 unspecified atom stereocenters. The lowest BCUT2D eigenvalue weighted by Gasteiger charge is -2.08. The van der Waals surface area contributed by atoms with Crippen molar-refractivity contribution in [1.29, 1.82) is 0 Å². The third kappa shape index (κ3) is 2.85. The number of carboxylic acids is 1. The number of rotatable bonds is 5. The number of aliphatic carboxylic acids is 1. The molecule has 6 heteroatoms. The van der Waals surface area contributed by atoms with E-state index < -0.39 is 5.97 Å². The maximum atomic E-state index is 10.6. The minimum Gasteiger partial charge on any atom is -0.497 e. The molecule has 19 heavy (non-hydrogen) atoms. The van der Waals surface area contributed by atoms with Crippen LogP contribution in [0.1, 0.15) is 5.69 Å². The molecule has 0 aliphatic carbocycles. The van der Waals surface area contributed by atoms with Crippen LogP contribution in [0.3, 0.4) is 0 Å². The van der Waals surface area contributed by atoms with Gasteiger partial charge in [-0.05, 0) is 18.2 Å². The average molecular weight is 262 g/mol. The van der Waals surface area contributed by atoms with E-state index >= 15 is 0 Å². The number of nitrogens with one attached hydrogen (secondary N) is 1. The van der Waals surface area contributed by atoms with Crippen LogP contribution in [0.15, 0.2) is 24.3 Å². The molecular formula is C13H14N2O4. The topological polar surface area (TPSA) is 84.4 Å². The van der Waals surface area contributed by atoms with Crippen molar-refractivity contribution < 1.29 is 19.4 Å². The lowest BCUT2D eigenvalue weighted by atomic mass is 10.1. The third-order valence-corrected chi connectivity index (χ3v) is 2.66. The summed E-state index contributed by atoms with van der Waals surface area (Å²) in [4.78, 5) is 10.6. The molecule has 1 heterocycles. The summed E-state index contributed by atoms with van der Waals surface area (Å²) in [6.45, 7) is 0. The fourth-order valence-corrected chi connectivity index (χ4v) is 1.76. The van der Waals surface area contributed by atoms with E-state index in [1.807, 2.05) is 6.07 Å². The zero-order valence-corrected chi connectivity index (χ0v) is 10.6. The molecule has 100 valence electrons. The van der Waals surface area contributed by atoms with Gasteiger partial charge in [0.1, 0.15) is 11.5 Å². The van der Waals surface area contributed by atoms with Gasteiger partial charge in [-0.25, -0.2) is 0 Å². The number of nitrogens with zero attached hydrogens (tertiary/aromatic N) is 1. The fourth-order valence-electron chi connectivity index (χ4n) is 1.76. The first-order valence-corrected chi connectivity index (χ1v) is 5.62. The van der Waals surface area contributed by atoms with E-state index in [4.69, 9.17) is 14.6 Å².